The molecule has 0 radical (unpaired) electrons. The summed E-state index contributed by atoms with van der Waals surface area (Å²) >= 11 is 0. The van der Waals surface area contributed by atoms with Gasteiger partial charge in [-0.05, 0) is 146 Å². The molecule has 0 spiro atoms. The number of unbranched alkanes of at least 4 members (excludes halogenated alkanes) is 16. The summed E-state index contributed by atoms with van der Waals surface area (Å²) in [5.41, 5.74) is -0.106. The van der Waals surface area contributed by atoms with E-state index in [9.17, 15) is 50.0 Å². The van der Waals surface area contributed by atoms with E-state index in [1.54, 1.807) is 6.92 Å². The molecule has 2 rings (SSSR count). The zero-order valence-electron chi connectivity index (χ0n) is 48.7. The highest BCUT2D eigenvalue weighted by atomic mass is 16.7. The number of hydrogen-bond acceptors (Lipinski definition) is 14. The van der Waals surface area contributed by atoms with Gasteiger partial charge in [-0.2, -0.15) is 0 Å². The van der Waals surface area contributed by atoms with Gasteiger partial charge in [0.05, 0.1) is 30.3 Å². The second-order valence-electron chi connectivity index (χ2n) is 19.4. The molecular weight excluding hydrogens is 1080 g/mol. The lowest BCUT2D eigenvalue weighted by molar-refractivity contribution is -0.384. The van der Waals surface area contributed by atoms with Crippen LogP contribution in [0.15, 0.2) is 24.3 Å². The summed E-state index contributed by atoms with van der Waals surface area (Å²) in [4.78, 5) is 47.7. The highest BCUT2D eigenvalue weighted by molar-refractivity contribution is 5.94. The first-order chi connectivity index (χ1) is 41.4. The Kier molecular flexibility index (Phi) is 42.0. The van der Waals surface area contributed by atoms with Crippen molar-refractivity contribution in [2.24, 2.45) is 0 Å². The Morgan fingerprint density at radius 2 is 1.04 bits per heavy atom. The van der Waals surface area contributed by atoms with E-state index in [-0.39, 0.29) is 36.7 Å². The number of nitro groups is 1. The van der Waals surface area contributed by atoms with Crippen LogP contribution >= 0.6 is 0 Å². The number of aliphatic hydroxyl groups is 5. The number of esters is 1. The van der Waals surface area contributed by atoms with Gasteiger partial charge in [0.1, 0.15) is 42.1 Å². The van der Waals surface area contributed by atoms with Gasteiger partial charge in [0.2, 0.25) is 0 Å². The maximum Gasteiger partial charge on any atom is 0.311 e. The standard InChI is InChI=1S/C69H76N2O14/c1-3-5-7-9-11-13-15-17-18-19-20-21-22-23-24-25-26-27-29-31-33-37-41-48-63(74)70-60(65(76)61(73)47-40-36-32-30-28-16-14-12-10-8-6-4-2)55-83-69-68(79)67(78)66(77)62(85-69)56-82-54-44-38-34-35-39-45-58(72)46-42-43-49-64(75)84-59-52-50-57(51-53-59)71(80)81/h50-53,60-62,65-69,73,76-79H,4,6,8,10,12,14,16,28,30,32,34-36,38-40,42-47,49,54-56H2,1-2H3,(H,70,74)/t60-,61+,62?,65-,66?,67?,68?,69?/m0/s1. The van der Waals surface area contributed by atoms with E-state index >= 15 is 0 Å². The van der Waals surface area contributed by atoms with E-state index in [4.69, 9.17) is 18.9 Å². The quantitative estimate of drug-likeness (QED) is 0.0110. The highest BCUT2D eigenvalue weighted by Crippen LogP contribution is 2.24. The second-order valence-corrected chi connectivity index (χ2v) is 19.4. The molecule has 1 aromatic rings. The van der Waals surface area contributed by atoms with Gasteiger partial charge in [-0.15, -0.1) is 0 Å². The highest BCUT2D eigenvalue weighted by Gasteiger charge is 2.45. The zero-order chi connectivity index (χ0) is 61.8. The Balaban J connectivity index is 1.88. The van der Waals surface area contributed by atoms with E-state index in [2.05, 4.69) is 154 Å². The number of carbonyl (C=O) groups is 3. The van der Waals surface area contributed by atoms with Gasteiger partial charge in [0.15, 0.2) is 6.29 Å². The first-order valence-corrected chi connectivity index (χ1v) is 28.8. The molecule has 1 amide bonds. The molecule has 16 nitrogen and oxygen atoms in total. The number of nitrogens with zero attached hydrogens (tertiary/aromatic N) is 1. The summed E-state index contributed by atoms with van der Waals surface area (Å²) in [6, 6.07) is 3.96. The number of hydrogen-bond donors (Lipinski definition) is 6. The average Bonchev–Trinajstić information content (AvgIpc) is 3.46. The van der Waals surface area contributed by atoms with Crippen LogP contribution in [0.4, 0.5) is 5.69 Å². The number of non-ortho nitro benzene ring substituents is 1. The van der Waals surface area contributed by atoms with Gasteiger partial charge in [-0.25, -0.2) is 0 Å². The number of Topliss-reactive ketones (excluding diaryl/α,β-unsaturated/α-hetero) is 1. The topological polar surface area (TPSA) is 244 Å². The fourth-order valence-electron chi connectivity index (χ4n) is 8.02. The number of amides is 1. The third kappa shape index (κ3) is 37.5. The van der Waals surface area contributed by atoms with Crippen molar-refractivity contribution in [1.29, 1.82) is 0 Å². The number of benzene rings is 1. The number of nitrogens with one attached hydrogen (secondary N) is 1. The van der Waals surface area contributed by atoms with Crippen LogP contribution in [0.5, 0.6) is 5.75 Å². The molecule has 85 heavy (non-hydrogen) atoms. The van der Waals surface area contributed by atoms with Crippen LogP contribution in [-0.4, -0.2) is 117 Å². The van der Waals surface area contributed by atoms with Gasteiger partial charge in [-0.3, -0.25) is 24.5 Å². The molecule has 1 heterocycles. The van der Waals surface area contributed by atoms with E-state index in [0.29, 0.717) is 45.1 Å². The molecule has 1 fully saturated rings. The van der Waals surface area contributed by atoms with Crippen molar-refractivity contribution < 1.29 is 63.8 Å². The summed E-state index contributed by atoms with van der Waals surface area (Å²) in [7, 11) is 0. The third-order valence-electron chi connectivity index (χ3n) is 12.6. The minimum atomic E-state index is -1.72. The van der Waals surface area contributed by atoms with E-state index in [1.807, 2.05) is 0 Å². The predicted molar refractivity (Wildman–Crippen MR) is 322 cm³/mol. The number of nitro benzene ring substituents is 1. The van der Waals surface area contributed by atoms with E-state index in [1.165, 1.54) is 69.2 Å². The summed E-state index contributed by atoms with van der Waals surface area (Å²) < 4.78 is 22.6. The van der Waals surface area contributed by atoms with Gasteiger partial charge in [0.25, 0.3) is 11.6 Å². The minimum Gasteiger partial charge on any atom is -0.427 e. The van der Waals surface area contributed by atoms with Crippen LogP contribution in [0.25, 0.3) is 0 Å². The van der Waals surface area contributed by atoms with Crippen LogP contribution in [0.3, 0.4) is 0 Å². The molecule has 1 aliphatic rings. The van der Waals surface area contributed by atoms with Crippen molar-refractivity contribution in [3.8, 4) is 148 Å². The van der Waals surface area contributed by atoms with E-state index in [0.717, 1.165) is 51.4 Å². The summed E-state index contributed by atoms with van der Waals surface area (Å²) in [6.07, 6.45) is 9.13. The lowest BCUT2D eigenvalue weighted by Crippen LogP contribution is -2.60. The second kappa shape index (κ2) is 49.1. The Morgan fingerprint density at radius 1 is 0.588 bits per heavy atom. The molecule has 6 N–H and O–H groups in total. The van der Waals surface area contributed by atoms with Crippen LogP contribution in [-0.2, 0) is 28.6 Å². The van der Waals surface area contributed by atoms with E-state index < -0.39 is 72.4 Å². The Hall–Kier alpha value is -8.37. The van der Waals surface area contributed by atoms with Crippen molar-refractivity contribution >= 4 is 23.3 Å². The van der Waals surface area contributed by atoms with Crippen LogP contribution in [0.2, 0.25) is 0 Å². The monoisotopic (exact) mass is 1160 g/mol. The first-order valence-electron chi connectivity index (χ1n) is 28.8. The summed E-state index contributed by atoms with van der Waals surface area (Å²) in [5.74, 6) is 58.6. The predicted octanol–water partition coefficient (Wildman–Crippen LogP) is 6.17. The van der Waals surface area contributed by atoms with Crippen molar-refractivity contribution in [3.05, 3.63) is 34.4 Å². The van der Waals surface area contributed by atoms with Crippen LogP contribution < -0.4 is 10.1 Å². The number of ketones is 1. The largest absolute Gasteiger partial charge is 0.427 e. The molecule has 0 saturated carbocycles. The van der Waals surface area contributed by atoms with Crippen LogP contribution in [0, 0.1) is 152 Å². The molecule has 0 aliphatic carbocycles. The number of ether oxygens (including phenoxy) is 4. The Morgan fingerprint density at radius 3 is 1.54 bits per heavy atom. The van der Waals surface area contributed by atoms with Crippen LogP contribution in [0.1, 0.15) is 162 Å². The average molecular weight is 1160 g/mol. The number of carbonyl (C=O) groups excluding carboxylic acids is 3. The van der Waals surface area contributed by atoms with Gasteiger partial charge in [-0.1, -0.05) is 109 Å². The molecule has 1 aromatic carbocycles. The smallest absolute Gasteiger partial charge is 0.311 e. The molecule has 1 aliphatic heterocycles. The normalized spacial score (nSPS) is 15.8. The van der Waals surface area contributed by atoms with Gasteiger partial charge in [0, 0.05) is 79.4 Å². The zero-order valence-corrected chi connectivity index (χ0v) is 48.7. The molecule has 0 aromatic heterocycles. The molecule has 16 heteroatoms. The Bertz CT molecular complexity index is 3060. The van der Waals surface area contributed by atoms with Crippen molar-refractivity contribution in [3.63, 3.8) is 0 Å². The number of rotatable bonds is 36. The number of aliphatic hydroxyl groups excluding tert-OH is 5. The summed E-state index contributed by atoms with van der Waals surface area (Å²) in [6.45, 7) is 3.54. The molecule has 1 saturated heterocycles. The van der Waals surface area contributed by atoms with Crippen molar-refractivity contribution in [2.45, 2.75) is 210 Å². The third-order valence-corrected chi connectivity index (χ3v) is 12.6. The van der Waals surface area contributed by atoms with Crippen molar-refractivity contribution in [2.75, 3.05) is 19.8 Å². The molecular formula is C69H76N2O14. The lowest BCUT2D eigenvalue weighted by atomic mass is 9.98. The Labute approximate surface area is 503 Å². The molecule has 0 bridgehead atoms. The fourth-order valence-corrected chi connectivity index (χ4v) is 8.02. The maximum absolute atomic E-state index is 13.0. The van der Waals surface area contributed by atoms with Gasteiger partial charge < -0.3 is 49.8 Å². The lowest BCUT2D eigenvalue weighted by Gasteiger charge is -2.40. The SMILES string of the molecule is CC#CC#CC#CC#CC#CC#CC#CC#CC#CC#CC#CC#CC(=O)N[C@@H](COC1OC(COCCCCCCCC(=O)CCCCC(=O)Oc2ccc([N+](=O)[O-])cc2)C(O)C(O)C1O)[C@H](O)[C@H](O)CCCCCCCCCCCCCC. The van der Waals surface area contributed by atoms with Crippen molar-refractivity contribution in [1.82, 2.24) is 5.32 Å². The first kappa shape index (κ1) is 72.7. The fraction of sp³-hybridized carbons (Fsp3) is 0.522. The maximum atomic E-state index is 13.0. The molecule has 5 unspecified atom stereocenters. The minimum absolute atomic E-state index is 0.106. The summed E-state index contributed by atoms with van der Waals surface area (Å²) in [5, 5.41) is 68.1. The molecule has 8 atom stereocenters. The molecule has 446 valence electrons. The van der Waals surface area contributed by atoms with Gasteiger partial charge >= 0.3 is 5.97 Å².